The van der Waals surface area contributed by atoms with Crippen LogP contribution in [0.15, 0.2) is 48.7 Å². The maximum absolute atomic E-state index is 12.6. The van der Waals surface area contributed by atoms with E-state index >= 15 is 0 Å². The second-order valence-corrected chi connectivity index (χ2v) is 5.71. The van der Waals surface area contributed by atoms with Crippen molar-refractivity contribution in [2.45, 2.75) is 6.92 Å². The first-order chi connectivity index (χ1) is 11.5. The first kappa shape index (κ1) is 16.1. The van der Waals surface area contributed by atoms with Crippen LogP contribution in [0.5, 0.6) is 5.75 Å². The van der Waals surface area contributed by atoms with Crippen molar-refractivity contribution in [3.8, 4) is 5.75 Å². The second kappa shape index (κ2) is 6.37. The summed E-state index contributed by atoms with van der Waals surface area (Å²) in [5.41, 5.74) is 1.65. The van der Waals surface area contributed by atoms with Crippen LogP contribution < -0.4 is 10.1 Å². The lowest BCUT2D eigenvalue weighted by molar-refractivity contribution is 0.0941. The fourth-order valence-electron chi connectivity index (χ4n) is 2.51. The average molecular weight is 343 g/mol. The number of ether oxygens (including phenoxy) is 1. The average Bonchev–Trinajstić information content (AvgIpc) is 2.94. The molecular weight excluding hydrogens is 328 g/mol. The van der Waals surface area contributed by atoms with Gasteiger partial charge in [-0.2, -0.15) is 0 Å². The van der Waals surface area contributed by atoms with Gasteiger partial charge in [0.05, 0.1) is 18.2 Å². The zero-order valence-corrected chi connectivity index (χ0v) is 13.9. The van der Waals surface area contributed by atoms with Crippen LogP contribution in [0.1, 0.15) is 22.1 Å². The van der Waals surface area contributed by atoms with E-state index in [9.17, 15) is 9.59 Å². The number of fused-ring (bicyclic) bond motifs is 1. The van der Waals surface area contributed by atoms with Crippen molar-refractivity contribution in [3.05, 3.63) is 59.2 Å². The van der Waals surface area contributed by atoms with Crippen molar-refractivity contribution in [3.63, 3.8) is 0 Å². The van der Waals surface area contributed by atoms with E-state index in [0.717, 1.165) is 0 Å². The monoisotopic (exact) mass is 342 g/mol. The van der Waals surface area contributed by atoms with Crippen molar-refractivity contribution < 1.29 is 14.3 Å². The van der Waals surface area contributed by atoms with Crippen molar-refractivity contribution in [2.75, 3.05) is 12.4 Å². The Balaban J connectivity index is 1.98. The Morgan fingerprint density at radius 1 is 1.12 bits per heavy atom. The summed E-state index contributed by atoms with van der Waals surface area (Å²) in [4.78, 5) is 24.4. The number of methoxy groups -OCH3 is 1. The van der Waals surface area contributed by atoms with Gasteiger partial charge in [-0.15, -0.1) is 0 Å². The summed E-state index contributed by atoms with van der Waals surface area (Å²) >= 11 is 6.01. The molecule has 0 aliphatic carbocycles. The predicted molar refractivity (Wildman–Crippen MR) is 94.2 cm³/mol. The SMILES string of the molecule is COc1ccc(NC(=O)c2cn(C(C)=O)c3cc(Cl)ccc23)cc1. The van der Waals surface area contributed by atoms with E-state index in [0.29, 0.717) is 32.9 Å². The standard InChI is InChI=1S/C18H15ClN2O3/c1-11(22)21-10-16(15-8-3-12(19)9-17(15)21)18(23)20-13-4-6-14(24-2)7-5-13/h3-10H,1-2H3,(H,20,23). The Bertz CT molecular complexity index is 929. The van der Waals surface area contributed by atoms with Gasteiger partial charge in [0.25, 0.3) is 5.91 Å². The lowest BCUT2D eigenvalue weighted by Gasteiger charge is -2.05. The minimum atomic E-state index is -0.299. The number of anilines is 1. The number of nitrogens with zero attached hydrogens (tertiary/aromatic N) is 1. The number of carbonyl (C=O) groups is 2. The highest BCUT2D eigenvalue weighted by Gasteiger charge is 2.17. The third-order valence-corrected chi connectivity index (χ3v) is 3.93. The summed E-state index contributed by atoms with van der Waals surface area (Å²) in [6.07, 6.45) is 1.53. The largest absolute Gasteiger partial charge is 0.497 e. The highest BCUT2D eigenvalue weighted by atomic mass is 35.5. The number of rotatable bonds is 3. The van der Waals surface area contributed by atoms with Crippen LogP contribution in [0.2, 0.25) is 5.02 Å². The molecule has 0 fully saturated rings. The van der Waals surface area contributed by atoms with E-state index in [1.54, 1.807) is 49.6 Å². The number of nitrogens with one attached hydrogen (secondary N) is 1. The molecule has 1 N–H and O–H groups in total. The van der Waals surface area contributed by atoms with Crippen molar-refractivity contribution >= 4 is 40.0 Å². The van der Waals surface area contributed by atoms with Gasteiger partial charge in [0.15, 0.2) is 0 Å². The van der Waals surface area contributed by atoms with E-state index < -0.39 is 0 Å². The predicted octanol–water partition coefficient (Wildman–Crippen LogP) is 4.22. The summed E-state index contributed by atoms with van der Waals surface area (Å²) in [6.45, 7) is 1.44. The third-order valence-electron chi connectivity index (χ3n) is 3.70. The molecule has 0 spiro atoms. The van der Waals surface area contributed by atoms with E-state index in [4.69, 9.17) is 16.3 Å². The summed E-state index contributed by atoms with van der Waals surface area (Å²) in [5.74, 6) is 0.217. The lowest BCUT2D eigenvalue weighted by atomic mass is 10.1. The summed E-state index contributed by atoms with van der Waals surface area (Å²) in [5, 5.41) is 3.99. The molecule has 2 aromatic carbocycles. The van der Waals surface area contributed by atoms with Crippen molar-refractivity contribution in [1.29, 1.82) is 0 Å². The molecule has 0 aliphatic heterocycles. The first-order valence-electron chi connectivity index (χ1n) is 7.26. The smallest absolute Gasteiger partial charge is 0.257 e. The molecule has 0 atom stereocenters. The molecule has 1 aromatic heterocycles. The van der Waals surface area contributed by atoms with E-state index in [1.165, 1.54) is 17.7 Å². The summed E-state index contributed by atoms with van der Waals surface area (Å²) < 4.78 is 6.51. The van der Waals surface area contributed by atoms with Gasteiger partial charge >= 0.3 is 0 Å². The number of halogens is 1. The molecule has 3 rings (SSSR count). The Morgan fingerprint density at radius 2 is 1.83 bits per heavy atom. The lowest BCUT2D eigenvalue weighted by Crippen LogP contribution is -2.11. The molecule has 1 heterocycles. The second-order valence-electron chi connectivity index (χ2n) is 5.28. The van der Waals surface area contributed by atoms with Crippen LogP contribution in [0, 0.1) is 0 Å². The molecule has 0 aliphatic rings. The van der Waals surface area contributed by atoms with E-state index in [-0.39, 0.29) is 11.8 Å². The van der Waals surface area contributed by atoms with Gasteiger partial charge in [0, 0.05) is 29.2 Å². The van der Waals surface area contributed by atoms with Gasteiger partial charge < -0.3 is 10.1 Å². The highest BCUT2D eigenvalue weighted by Crippen LogP contribution is 2.26. The van der Waals surface area contributed by atoms with Crippen LogP contribution in [-0.2, 0) is 0 Å². The maximum atomic E-state index is 12.6. The topological polar surface area (TPSA) is 60.3 Å². The Morgan fingerprint density at radius 3 is 2.46 bits per heavy atom. The molecule has 122 valence electrons. The Hall–Kier alpha value is -2.79. The summed E-state index contributed by atoms with van der Waals surface area (Å²) in [6, 6.07) is 12.1. The molecule has 0 radical (unpaired) electrons. The number of hydrogen-bond donors (Lipinski definition) is 1. The molecule has 0 bridgehead atoms. The van der Waals surface area contributed by atoms with Gasteiger partial charge in [-0.3, -0.25) is 14.2 Å². The van der Waals surface area contributed by atoms with Gasteiger partial charge in [0.2, 0.25) is 5.91 Å². The first-order valence-corrected chi connectivity index (χ1v) is 7.64. The number of carbonyl (C=O) groups excluding carboxylic acids is 2. The zero-order valence-electron chi connectivity index (χ0n) is 13.2. The van der Waals surface area contributed by atoms with E-state index in [1.807, 2.05) is 0 Å². The molecule has 0 saturated carbocycles. The highest BCUT2D eigenvalue weighted by molar-refractivity contribution is 6.31. The Labute approximate surface area is 143 Å². The van der Waals surface area contributed by atoms with Crippen LogP contribution in [0.3, 0.4) is 0 Å². The van der Waals surface area contributed by atoms with Crippen LogP contribution in [0.4, 0.5) is 5.69 Å². The minimum absolute atomic E-state index is 0.189. The third kappa shape index (κ3) is 2.98. The summed E-state index contributed by atoms with van der Waals surface area (Å²) in [7, 11) is 1.58. The molecule has 0 saturated heterocycles. The number of benzene rings is 2. The molecule has 6 heteroatoms. The van der Waals surface area contributed by atoms with Crippen LogP contribution >= 0.6 is 11.6 Å². The molecule has 24 heavy (non-hydrogen) atoms. The Kier molecular flexibility index (Phi) is 4.27. The van der Waals surface area contributed by atoms with Gasteiger partial charge in [0.1, 0.15) is 5.75 Å². The van der Waals surface area contributed by atoms with Crippen molar-refractivity contribution in [2.24, 2.45) is 0 Å². The number of hydrogen-bond acceptors (Lipinski definition) is 3. The van der Waals surface area contributed by atoms with Gasteiger partial charge in [-0.1, -0.05) is 17.7 Å². The quantitative estimate of drug-likeness (QED) is 0.775. The number of aromatic nitrogens is 1. The maximum Gasteiger partial charge on any atom is 0.257 e. The van der Waals surface area contributed by atoms with Gasteiger partial charge in [-0.25, -0.2) is 0 Å². The molecule has 1 amide bonds. The fraction of sp³-hybridized carbons (Fsp3) is 0.111. The zero-order chi connectivity index (χ0) is 17.3. The van der Waals surface area contributed by atoms with Gasteiger partial charge in [-0.05, 0) is 36.4 Å². The molecule has 5 nitrogen and oxygen atoms in total. The molecule has 0 unspecified atom stereocenters. The minimum Gasteiger partial charge on any atom is -0.497 e. The molecule has 3 aromatic rings. The van der Waals surface area contributed by atoms with E-state index in [2.05, 4.69) is 5.32 Å². The van der Waals surface area contributed by atoms with Crippen molar-refractivity contribution in [1.82, 2.24) is 4.57 Å². The van der Waals surface area contributed by atoms with Crippen LogP contribution in [-0.4, -0.2) is 23.5 Å². The van der Waals surface area contributed by atoms with Crippen LogP contribution in [0.25, 0.3) is 10.9 Å². The number of amides is 1. The molecular formula is C18H15ClN2O3. The fourth-order valence-corrected chi connectivity index (χ4v) is 2.68. The normalized spacial score (nSPS) is 10.6.